The lowest BCUT2D eigenvalue weighted by Crippen LogP contribution is -2.00. The van der Waals surface area contributed by atoms with Gasteiger partial charge in [0.25, 0.3) is 0 Å². The van der Waals surface area contributed by atoms with Crippen LogP contribution in [0.1, 0.15) is 59.8 Å². The summed E-state index contributed by atoms with van der Waals surface area (Å²) in [7, 11) is 0. The molecule has 0 aromatic heterocycles. The second-order valence-electron chi connectivity index (χ2n) is 8.54. The van der Waals surface area contributed by atoms with Gasteiger partial charge < -0.3 is 18.9 Å². The molecule has 0 saturated heterocycles. The zero-order chi connectivity index (χ0) is 21.8. The van der Waals surface area contributed by atoms with Crippen LogP contribution in [0.15, 0.2) is 73.2 Å². The summed E-state index contributed by atoms with van der Waals surface area (Å²) in [6.45, 7) is 4.50. The molecule has 2 aromatic carbocycles. The summed E-state index contributed by atoms with van der Waals surface area (Å²) in [6.07, 6.45) is 12.4. The van der Waals surface area contributed by atoms with Crippen LogP contribution in [0.5, 0.6) is 0 Å². The number of hydrogen-bond acceptors (Lipinski definition) is 4. The monoisotopic (exact) mass is 434 g/mol. The second-order valence-corrected chi connectivity index (χ2v) is 8.54. The maximum Gasteiger partial charge on any atom is 0.0977 e. The third kappa shape index (κ3) is 6.98. The van der Waals surface area contributed by atoms with Gasteiger partial charge in [0.2, 0.25) is 0 Å². The largest absolute Gasteiger partial charge is 0.501 e. The molecule has 2 unspecified atom stereocenters. The van der Waals surface area contributed by atoms with Crippen molar-refractivity contribution in [2.24, 2.45) is 0 Å². The van der Waals surface area contributed by atoms with Crippen molar-refractivity contribution in [3.05, 3.63) is 95.5 Å². The van der Waals surface area contributed by atoms with E-state index in [0.717, 1.165) is 39.3 Å². The molecule has 0 saturated carbocycles. The molecule has 32 heavy (non-hydrogen) atoms. The summed E-state index contributed by atoms with van der Waals surface area (Å²) in [5, 5.41) is 0. The summed E-state index contributed by atoms with van der Waals surface area (Å²) in [5.41, 5.74) is 5.06. The molecular formula is C28H34O4. The standard InChI is InChI=1S/C28H34O4/c1(3-15-29-19-23-5-9-25(10-6-23)27-13-17-31-21-27)2-4-16-30-20-24-7-11-26(12-8-24)28-14-18-32-22-28/h5-14,17-18,27-28H,1-4,15-16,19-22H2. The van der Waals surface area contributed by atoms with Crippen LogP contribution in [-0.2, 0) is 32.2 Å². The number of hydrogen-bond donors (Lipinski definition) is 0. The zero-order valence-electron chi connectivity index (χ0n) is 18.8. The fourth-order valence-electron chi connectivity index (χ4n) is 4.01. The number of rotatable bonds is 13. The Morgan fingerprint density at radius 1 is 0.594 bits per heavy atom. The number of benzene rings is 2. The smallest absolute Gasteiger partial charge is 0.0977 e. The first kappa shape index (κ1) is 22.6. The third-order valence-corrected chi connectivity index (χ3v) is 6.05. The Hall–Kier alpha value is -2.56. The summed E-state index contributed by atoms with van der Waals surface area (Å²) < 4.78 is 22.3. The number of ether oxygens (including phenoxy) is 4. The third-order valence-electron chi connectivity index (χ3n) is 6.05. The van der Waals surface area contributed by atoms with Crippen LogP contribution in [0.4, 0.5) is 0 Å². The first-order valence-corrected chi connectivity index (χ1v) is 11.8. The molecule has 0 radical (unpaired) electrons. The summed E-state index contributed by atoms with van der Waals surface area (Å²) in [5.74, 6) is 0.786. The molecule has 0 aliphatic carbocycles. The van der Waals surface area contributed by atoms with Crippen LogP contribution < -0.4 is 0 Å². The normalized spacial score (nSPS) is 19.2. The van der Waals surface area contributed by atoms with Gasteiger partial charge in [-0.1, -0.05) is 61.4 Å². The van der Waals surface area contributed by atoms with Gasteiger partial charge in [0, 0.05) is 25.0 Å². The van der Waals surface area contributed by atoms with E-state index in [1.54, 1.807) is 12.5 Å². The van der Waals surface area contributed by atoms with Gasteiger partial charge in [0.1, 0.15) is 0 Å². The number of unbranched alkanes of at least 4 members (excludes halogenated alkanes) is 3. The predicted octanol–water partition coefficient (Wildman–Crippen LogP) is 6.24. The van der Waals surface area contributed by atoms with Crippen LogP contribution in [0.25, 0.3) is 0 Å². The Morgan fingerprint density at radius 2 is 1.03 bits per heavy atom. The highest BCUT2D eigenvalue weighted by Crippen LogP contribution is 2.23. The minimum Gasteiger partial charge on any atom is -0.501 e. The van der Waals surface area contributed by atoms with Gasteiger partial charge in [0.05, 0.1) is 39.0 Å². The maximum absolute atomic E-state index is 5.84. The van der Waals surface area contributed by atoms with Crippen LogP contribution in [0.3, 0.4) is 0 Å². The van der Waals surface area contributed by atoms with Crippen LogP contribution in [0, 0.1) is 0 Å². The Bertz CT molecular complexity index is 781. The van der Waals surface area contributed by atoms with Gasteiger partial charge in [0.15, 0.2) is 0 Å². The molecule has 0 amide bonds. The SMILES string of the molecule is C1=CC(c2ccc(COCCCCCCOCc3ccc(C4C=COC4)cc3)cc2)CO1. The van der Waals surface area contributed by atoms with Crippen molar-refractivity contribution in [1.29, 1.82) is 0 Å². The zero-order valence-corrected chi connectivity index (χ0v) is 18.8. The Labute approximate surface area is 191 Å². The Kier molecular flexibility index (Phi) is 8.82. The quantitative estimate of drug-likeness (QED) is 0.350. The summed E-state index contributed by atoms with van der Waals surface area (Å²) in [6, 6.07) is 17.4. The highest BCUT2D eigenvalue weighted by molar-refractivity contribution is 5.29. The van der Waals surface area contributed by atoms with E-state index in [-0.39, 0.29) is 0 Å². The second kappa shape index (κ2) is 12.5. The fourth-order valence-corrected chi connectivity index (χ4v) is 4.01. The van der Waals surface area contributed by atoms with Crippen molar-refractivity contribution in [2.45, 2.75) is 50.7 Å². The fraction of sp³-hybridized carbons (Fsp3) is 0.429. The Balaban J connectivity index is 0.989. The highest BCUT2D eigenvalue weighted by Gasteiger charge is 2.13. The van der Waals surface area contributed by atoms with Crippen molar-refractivity contribution in [1.82, 2.24) is 0 Å². The van der Waals surface area contributed by atoms with Gasteiger partial charge in [-0.3, -0.25) is 0 Å². The van der Waals surface area contributed by atoms with Gasteiger partial charge in [-0.2, -0.15) is 0 Å². The van der Waals surface area contributed by atoms with E-state index >= 15 is 0 Å². The average Bonchev–Trinajstić information content (AvgIpc) is 3.56. The van der Waals surface area contributed by atoms with Crippen molar-refractivity contribution in [2.75, 3.05) is 26.4 Å². The first-order valence-electron chi connectivity index (χ1n) is 11.8. The molecule has 2 aliphatic heterocycles. The molecule has 2 heterocycles. The first-order chi connectivity index (χ1) is 15.9. The van der Waals surface area contributed by atoms with E-state index in [1.165, 1.54) is 35.1 Å². The van der Waals surface area contributed by atoms with E-state index in [0.29, 0.717) is 25.0 Å². The predicted molar refractivity (Wildman–Crippen MR) is 126 cm³/mol. The van der Waals surface area contributed by atoms with Crippen molar-refractivity contribution >= 4 is 0 Å². The molecule has 0 spiro atoms. The van der Waals surface area contributed by atoms with Crippen LogP contribution in [0.2, 0.25) is 0 Å². The van der Waals surface area contributed by atoms with Gasteiger partial charge >= 0.3 is 0 Å². The van der Waals surface area contributed by atoms with E-state index in [1.807, 2.05) is 0 Å². The van der Waals surface area contributed by atoms with E-state index in [2.05, 4.69) is 60.7 Å². The van der Waals surface area contributed by atoms with E-state index < -0.39 is 0 Å². The lowest BCUT2D eigenvalue weighted by molar-refractivity contribution is 0.108. The highest BCUT2D eigenvalue weighted by atomic mass is 16.5. The average molecular weight is 435 g/mol. The van der Waals surface area contributed by atoms with Gasteiger partial charge in [-0.25, -0.2) is 0 Å². The summed E-state index contributed by atoms with van der Waals surface area (Å²) in [4.78, 5) is 0. The molecule has 0 N–H and O–H groups in total. The van der Waals surface area contributed by atoms with Gasteiger partial charge in [-0.15, -0.1) is 0 Å². The van der Waals surface area contributed by atoms with E-state index in [4.69, 9.17) is 18.9 Å². The molecule has 4 rings (SSSR count). The lowest BCUT2D eigenvalue weighted by Gasteiger charge is -2.09. The molecular weight excluding hydrogens is 400 g/mol. The van der Waals surface area contributed by atoms with Crippen molar-refractivity contribution in [3.8, 4) is 0 Å². The molecule has 0 bridgehead atoms. The van der Waals surface area contributed by atoms with Crippen molar-refractivity contribution < 1.29 is 18.9 Å². The van der Waals surface area contributed by atoms with E-state index in [9.17, 15) is 0 Å². The Morgan fingerprint density at radius 3 is 1.41 bits per heavy atom. The van der Waals surface area contributed by atoms with Crippen LogP contribution in [-0.4, -0.2) is 26.4 Å². The molecule has 4 heteroatoms. The minimum atomic E-state index is 0.393. The molecule has 4 nitrogen and oxygen atoms in total. The molecule has 170 valence electrons. The topological polar surface area (TPSA) is 36.9 Å². The van der Waals surface area contributed by atoms with Crippen LogP contribution >= 0.6 is 0 Å². The molecule has 2 atom stereocenters. The maximum atomic E-state index is 5.84. The molecule has 2 aromatic rings. The molecule has 2 aliphatic rings. The lowest BCUT2D eigenvalue weighted by atomic mass is 10.00. The summed E-state index contributed by atoms with van der Waals surface area (Å²) >= 11 is 0. The molecule has 0 fully saturated rings. The van der Waals surface area contributed by atoms with Crippen molar-refractivity contribution in [3.63, 3.8) is 0 Å². The van der Waals surface area contributed by atoms with Gasteiger partial charge in [-0.05, 0) is 47.2 Å². The minimum absolute atomic E-state index is 0.393.